The van der Waals surface area contributed by atoms with E-state index in [0.29, 0.717) is 5.69 Å². The highest BCUT2D eigenvalue weighted by molar-refractivity contribution is 7.89. The van der Waals surface area contributed by atoms with E-state index in [1.807, 2.05) is 0 Å². The number of hydrogen-bond donors (Lipinski definition) is 2. The van der Waals surface area contributed by atoms with Crippen molar-refractivity contribution in [1.82, 2.24) is 4.31 Å². The number of alkyl halides is 3. The molecule has 2 N–H and O–H groups in total. The Morgan fingerprint density at radius 1 is 1.07 bits per heavy atom. The van der Waals surface area contributed by atoms with Crippen LogP contribution in [-0.4, -0.2) is 36.8 Å². The minimum absolute atomic E-state index is 0.00737. The van der Waals surface area contributed by atoms with Gasteiger partial charge in [-0.1, -0.05) is 18.2 Å². The first-order chi connectivity index (χ1) is 13.6. The number of benzene rings is 2. The largest absolute Gasteiger partial charge is 0.508 e. The van der Waals surface area contributed by atoms with Gasteiger partial charge < -0.3 is 10.4 Å². The topological polar surface area (TPSA) is 86.7 Å². The van der Waals surface area contributed by atoms with E-state index in [4.69, 9.17) is 0 Å². The van der Waals surface area contributed by atoms with E-state index in [2.05, 4.69) is 5.32 Å². The summed E-state index contributed by atoms with van der Waals surface area (Å²) in [5.74, 6) is -0.822. The second-order valence-electron chi connectivity index (χ2n) is 6.71. The first-order valence-corrected chi connectivity index (χ1v) is 10.3. The van der Waals surface area contributed by atoms with Crippen LogP contribution in [0.4, 0.5) is 18.9 Å². The lowest BCUT2D eigenvalue weighted by Gasteiger charge is -2.31. The number of phenols is 1. The fourth-order valence-electron chi connectivity index (χ4n) is 3.25. The van der Waals surface area contributed by atoms with Crippen molar-refractivity contribution in [2.75, 3.05) is 18.4 Å². The maximum Gasteiger partial charge on any atom is 0.417 e. The maximum absolute atomic E-state index is 13.2. The smallest absolute Gasteiger partial charge is 0.417 e. The highest BCUT2D eigenvalue weighted by atomic mass is 32.2. The third-order valence-corrected chi connectivity index (χ3v) is 6.71. The number of rotatable bonds is 4. The maximum atomic E-state index is 13.2. The summed E-state index contributed by atoms with van der Waals surface area (Å²) in [6, 6.07) is 10.1. The average Bonchev–Trinajstić information content (AvgIpc) is 2.67. The normalized spacial score (nSPS) is 16.5. The predicted molar refractivity (Wildman–Crippen MR) is 99.7 cm³/mol. The molecular weight excluding hydrogens is 409 g/mol. The average molecular weight is 428 g/mol. The Bertz CT molecular complexity index is 1000. The molecule has 29 heavy (non-hydrogen) atoms. The Hall–Kier alpha value is -2.59. The Morgan fingerprint density at radius 2 is 1.72 bits per heavy atom. The molecule has 2 aromatic carbocycles. The van der Waals surface area contributed by atoms with Gasteiger partial charge in [0, 0.05) is 30.8 Å². The van der Waals surface area contributed by atoms with E-state index in [0.717, 1.165) is 22.5 Å². The van der Waals surface area contributed by atoms with Crippen LogP contribution in [0.15, 0.2) is 53.4 Å². The highest BCUT2D eigenvalue weighted by Gasteiger charge is 2.40. The van der Waals surface area contributed by atoms with Crippen LogP contribution < -0.4 is 5.32 Å². The molecule has 1 fully saturated rings. The molecule has 1 aliphatic heterocycles. The van der Waals surface area contributed by atoms with Crippen LogP contribution in [0.2, 0.25) is 0 Å². The van der Waals surface area contributed by atoms with Gasteiger partial charge in [-0.25, -0.2) is 8.42 Å². The van der Waals surface area contributed by atoms with Gasteiger partial charge in [-0.15, -0.1) is 0 Å². The van der Waals surface area contributed by atoms with Gasteiger partial charge in [-0.05, 0) is 37.1 Å². The minimum Gasteiger partial charge on any atom is -0.508 e. The molecule has 0 saturated carbocycles. The number of amides is 1. The molecule has 1 amide bonds. The first-order valence-electron chi connectivity index (χ1n) is 8.85. The summed E-state index contributed by atoms with van der Waals surface area (Å²) < 4.78 is 66.1. The summed E-state index contributed by atoms with van der Waals surface area (Å²) in [5.41, 5.74) is -0.798. The number of nitrogens with one attached hydrogen (secondary N) is 1. The molecule has 0 unspecified atom stereocenters. The Kier molecular flexibility index (Phi) is 5.85. The number of aromatic hydroxyl groups is 1. The molecule has 10 heteroatoms. The standard InChI is InChI=1S/C19H19F3N2O4S/c20-19(21,22)16-6-1-2-7-17(16)29(27,28)24-10-8-13(9-11-24)18(26)23-14-4-3-5-15(25)12-14/h1-7,12-13,25H,8-11H2,(H,23,26). The summed E-state index contributed by atoms with van der Waals surface area (Å²) in [6.45, 7) is -0.126. The number of piperidine rings is 1. The van der Waals surface area contributed by atoms with Gasteiger partial charge in [-0.2, -0.15) is 17.5 Å². The van der Waals surface area contributed by atoms with Gasteiger partial charge >= 0.3 is 6.18 Å². The number of nitrogens with zero attached hydrogens (tertiary/aromatic N) is 1. The quantitative estimate of drug-likeness (QED) is 0.781. The molecule has 6 nitrogen and oxygen atoms in total. The van der Waals surface area contributed by atoms with Crippen molar-refractivity contribution in [3.05, 3.63) is 54.1 Å². The van der Waals surface area contributed by atoms with Crippen molar-refractivity contribution in [3.63, 3.8) is 0 Å². The molecule has 0 atom stereocenters. The summed E-state index contributed by atoms with van der Waals surface area (Å²) in [7, 11) is -4.34. The Labute approximate surface area is 166 Å². The highest BCUT2D eigenvalue weighted by Crippen LogP contribution is 2.36. The number of hydrogen-bond acceptors (Lipinski definition) is 4. The van der Waals surface area contributed by atoms with E-state index in [1.165, 1.54) is 18.2 Å². The monoisotopic (exact) mass is 428 g/mol. The van der Waals surface area contributed by atoms with E-state index in [9.17, 15) is 31.5 Å². The van der Waals surface area contributed by atoms with Crippen LogP contribution in [0.1, 0.15) is 18.4 Å². The molecule has 156 valence electrons. The van der Waals surface area contributed by atoms with Crippen LogP contribution in [-0.2, 0) is 21.0 Å². The lowest BCUT2D eigenvalue weighted by molar-refractivity contribution is -0.139. The third-order valence-electron chi connectivity index (χ3n) is 4.75. The number of sulfonamides is 1. The number of phenolic OH excluding ortho intramolecular Hbond substituents is 1. The van der Waals surface area contributed by atoms with Gasteiger partial charge in [0.2, 0.25) is 15.9 Å². The van der Waals surface area contributed by atoms with Crippen LogP contribution in [0.25, 0.3) is 0 Å². The van der Waals surface area contributed by atoms with Gasteiger partial charge in [0.05, 0.1) is 10.5 Å². The van der Waals surface area contributed by atoms with Crippen molar-refractivity contribution in [2.45, 2.75) is 23.9 Å². The molecule has 0 spiro atoms. The van der Waals surface area contributed by atoms with E-state index >= 15 is 0 Å². The zero-order chi connectivity index (χ0) is 21.2. The molecule has 1 heterocycles. The molecule has 0 aliphatic carbocycles. The lowest BCUT2D eigenvalue weighted by atomic mass is 9.97. The summed E-state index contributed by atoms with van der Waals surface area (Å²) in [5, 5.41) is 12.1. The second kappa shape index (κ2) is 8.03. The van der Waals surface area contributed by atoms with Gasteiger partial charge in [0.1, 0.15) is 5.75 Å². The number of halogens is 3. The fraction of sp³-hybridized carbons (Fsp3) is 0.316. The second-order valence-corrected chi connectivity index (χ2v) is 8.62. The summed E-state index contributed by atoms with van der Waals surface area (Å²) >= 11 is 0. The minimum atomic E-state index is -4.79. The van der Waals surface area contributed by atoms with Crippen molar-refractivity contribution in [2.24, 2.45) is 5.92 Å². The SMILES string of the molecule is O=C(Nc1cccc(O)c1)C1CCN(S(=O)(=O)c2ccccc2C(F)(F)F)CC1. The Balaban J connectivity index is 1.70. The molecule has 3 rings (SSSR count). The van der Waals surface area contributed by atoms with Crippen LogP contribution in [0, 0.1) is 5.92 Å². The van der Waals surface area contributed by atoms with Crippen LogP contribution >= 0.6 is 0 Å². The number of anilines is 1. The molecule has 2 aromatic rings. The van der Waals surface area contributed by atoms with Crippen molar-refractivity contribution >= 4 is 21.6 Å². The molecule has 0 radical (unpaired) electrons. The summed E-state index contributed by atoms with van der Waals surface area (Å²) in [4.78, 5) is 11.6. The zero-order valence-corrected chi connectivity index (χ0v) is 16.0. The third kappa shape index (κ3) is 4.70. The lowest BCUT2D eigenvalue weighted by Crippen LogP contribution is -2.41. The van der Waals surface area contributed by atoms with Crippen molar-refractivity contribution < 1.29 is 31.5 Å². The number of carbonyl (C=O) groups excluding carboxylic acids is 1. The molecule has 1 saturated heterocycles. The van der Waals surface area contributed by atoms with Gasteiger partial charge in [-0.3, -0.25) is 4.79 Å². The fourth-order valence-corrected chi connectivity index (χ4v) is 4.93. The van der Waals surface area contributed by atoms with Crippen molar-refractivity contribution in [1.29, 1.82) is 0 Å². The van der Waals surface area contributed by atoms with Crippen LogP contribution in [0.3, 0.4) is 0 Å². The van der Waals surface area contributed by atoms with E-state index in [-0.39, 0.29) is 37.6 Å². The predicted octanol–water partition coefficient (Wildman–Crippen LogP) is 3.45. The molecular formula is C19H19F3N2O4S. The molecule has 1 aliphatic rings. The van der Waals surface area contributed by atoms with Crippen LogP contribution in [0.5, 0.6) is 5.75 Å². The van der Waals surface area contributed by atoms with Gasteiger partial charge in [0.15, 0.2) is 0 Å². The number of carbonyl (C=O) groups is 1. The van der Waals surface area contributed by atoms with E-state index in [1.54, 1.807) is 12.1 Å². The van der Waals surface area contributed by atoms with Crippen molar-refractivity contribution in [3.8, 4) is 5.75 Å². The zero-order valence-electron chi connectivity index (χ0n) is 15.2. The van der Waals surface area contributed by atoms with E-state index < -0.39 is 32.6 Å². The summed E-state index contributed by atoms with van der Waals surface area (Å²) in [6.07, 6.45) is -4.43. The van der Waals surface area contributed by atoms with Gasteiger partial charge in [0.25, 0.3) is 0 Å². The molecule has 0 aromatic heterocycles. The molecule has 0 bridgehead atoms. The first kappa shape index (κ1) is 21.1. The Morgan fingerprint density at radius 3 is 2.34 bits per heavy atom.